The van der Waals surface area contributed by atoms with Gasteiger partial charge >= 0.3 is 0 Å². The molecule has 23 heavy (non-hydrogen) atoms. The summed E-state index contributed by atoms with van der Waals surface area (Å²) < 4.78 is 7.56. The number of thiocarbonyl (C=S) groups is 1. The highest BCUT2D eigenvalue weighted by Crippen LogP contribution is 2.05. The van der Waals surface area contributed by atoms with Gasteiger partial charge in [-0.1, -0.05) is 0 Å². The van der Waals surface area contributed by atoms with Crippen LogP contribution < -0.4 is 10.2 Å². The van der Waals surface area contributed by atoms with Crippen LogP contribution in [0.25, 0.3) is 0 Å². The monoisotopic (exact) mass is 339 g/mol. The second-order valence-electron chi connectivity index (χ2n) is 6.56. The Kier molecular flexibility index (Phi) is 6.87. The van der Waals surface area contributed by atoms with Crippen molar-refractivity contribution in [3.05, 3.63) is 23.5 Å². The first-order valence-corrected chi connectivity index (χ1v) is 8.92. The quantitative estimate of drug-likeness (QED) is 0.727. The van der Waals surface area contributed by atoms with Crippen LogP contribution >= 0.6 is 12.2 Å². The second kappa shape index (κ2) is 8.66. The minimum Gasteiger partial charge on any atom is -0.383 e. The van der Waals surface area contributed by atoms with Gasteiger partial charge in [0.05, 0.1) is 45.9 Å². The van der Waals surface area contributed by atoms with Crippen molar-refractivity contribution in [3.8, 4) is 0 Å². The molecular formula is C17H31N4OS+. The van der Waals surface area contributed by atoms with Gasteiger partial charge in [-0.25, -0.2) is 0 Å². The molecule has 1 aliphatic heterocycles. The molecule has 5 nitrogen and oxygen atoms in total. The van der Waals surface area contributed by atoms with E-state index in [9.17, 15) is 0 Å². The molecule has 0 amide bonds. The Balaban J connectivity index is 1.72. The van der Waals surface area contributed by atoms with Crippen molar-refractivity contribution in [2.24, 2.45) is 0 Å². The summed E-state index contributed by atoms with van der Waals surface area (Å²) in [6, 6.07) is 4.67. The zero-order valence-electron chi connectivity index (χ0n) is 14.9. The van der Waals surface area contributed by atoms with Gasteiger partial charge in [0.15, 0.2) is 5.11 Å². The van der Waals surface area contributed by atoms with E-state index in [1.54, 1.807) is 12.0 Å². The molecule has 1 aliphatic rings. The van der Waals surface area contributed by atoms with Crippen molar-refractivity contribution in [3.63, 3.8) is 0 Å². The topological polar surface area (TPSA) is 33.9 Å². The van der Waals surface area contributed by atoms with E-state index >= 15 is 0 Å². The highest BCUT2D eigenvalue weighted by atomic mass is 32.1. The fraction of sp³-hybridized carbons (Fsp3) is 0.706. The standard InChI is InChI=1S/C17H30N4OS/c1-14(13-22-4)18-17(23)20-10-7-19(8-11-20)9-12-21-15(2)5-6-16(21)3/h5-6,14H,7-13H2,1-4H3,(H,18,23)/p+1/t14-/m0/s1. The number of ether oxygens (including phenoxy) is 1. The highest BCUT2D eigenvalue weighted by molar-refractivity contribution is 7.80. The molecule has 0 bridgehead atoms. The van der Waals surface area contributed by atoms with Crippen LogP contribution in [0.4, 0.5) is 0 Å². The van der Waals surface area contributed by atoms with E-state index in [-0.39, 0.29) is 6.04 Å². The Morgan fingerprint density at radius 3 is 2.48 bits per heavy atom. The van der Waals surface area contributed by atoms with Gasteiger partial charge in [0.1, 0.15) is 0 Å². The van der Waals surface area contributed by atoms with Crippen LogP contribution in [0.3, 0.4) is 0 Å². The van der Waals surface area contributed by atoms with Gasteiger partial charge in [-0.15, -0.1) is 0 Å². The van der Waals surface area contributed by atoms with Crippen LogP contribution in [0, 0.1) is 13.8 Å². The molecule has 6 heteroatoms. The molecule has 0 unspecified atom stereocenters. The second-order valence-corrected chi connectivity index (χ2v) is 6.95. The summed E-state index contributed by atoms with van der Waals surface area (Å²) in [4.78, 5) is 3.96. The van der Waals surface area contributed by atoms with Crippen LogP contribution in [-0.2, 0) is 11.3 Å². The van der Waals surface area contributed by atoms with Crippen molar-refractivity contribution < 1.29 is 9.64 Å². The van der Waals surface area contributed by atoms with Gasteiger partial charge in [-0.3, -0.25) is 0 Å². The fourth-order valence-corrected chi connectivity index (χ4v) is 3.58. The average Bonchev–Trinajstić information content (AvgIpc) is 2.84. The Hall–Kier alpha value is -1.11. The van der Waals surface area contributed by atoms with Gasteiger partial charge in [0.2, 0.25) is 0 Å². The van der Waals surface area contributed by atoms with Crippen molar-refractivity contribution in [2.75, 3.05) is 46.4 Å². The molecule has 0 aliphatic carbocycles. The van der Waals surface area contributed by atoms with Gasteiger partial charge < -0.3 is 24.4 Å². The first-order chi connectivity index (χ1) is 11.0. The van der Waals surface area contributed by atoms with E-state index in [1.165, 1.54) is 17.9 Å². The van der Waals surface area contributed by atoms with Crippen molar-refractivity contribution in [2.45, 2.75) is 33.4 Å². The van der Waals surface area contributed by atoms with E-state index in [0.717, 1.165) is 37.8 Å². The number of hydrogen-bond acceptors (Lipinski definition) is 2. The number of quaternary nitrogens is 1. The fourth-order valence-electron chi connectivity index (χ4n) is 3.19. The van der Waals surface area contributed by atoms with Crippen LogP contribution in [-0.4, -0.2) is 67.1 Å². The summed E-state index contributed by atoms with van der Waals surface area (Å²) in [5.74, 6) is 0. The third-order valence-electron chi connectivity index (χ3n) is 4.65. The summed E-state index contributed by atoms with van der Waals surface area (Å²) in [6.45, 7) is 13.8. The zero-order chi connectivity index (χ0) is 16.8. The number of nitrogens with one attached hydrogen (secondary N) is 2. The van der Waals surface area contributed by atoms with Gasteiger partial charge in [-0.2, -0.15) is 0 Å². The minimum atomic E-state index is 0.262. The predicted octanol–water partition coefficient (Wildman–Crippen LogP) is 0.215. The smallest absolute Gasteiger partial charge is 0.169 e. The van der Waals surface area contributed by atoms with E-state index in [2.05, 4.69) is 47.7 Å². The first-order valence-electron chi connectivity index (χ1n) is 8.52. The Labute approximate surface area is 145 Å². The number of hydrogen-bond donors (Lipinski definition) is 2. The molecule has 0 aromatic carbocycles. The lowest BCUT2D eigenvalue weighted by atomic mass is 10.3. The van der Waals surface area contributed by atoms with Crippen molar-refractivity contribution in [1.82, 2.24) is 14.8 Å². The number of rotatable bonds is 6. The normalized spacial score (nSPS) is 17.3. The lowest BCUT2D eigenvalue weighted by Crippen LogP contribution is -3.15. The number of methoxy groups -OCH3 is 1. The maximum atomic E-state index is 5.51. The molecule has 0 saturated carbocycles. The highest BCUT2D eigenvalue weighted by Gasteiger charge is 2.22. The van der Waals surface area contributed by atoms with E-state index in [1.807, 2.05) is 0 Å². The van der Waals surface area contributed by atoms with E-state index in [0.29, 0.717) is 6.61 Å². The number of aromatic nitrogens is 1. The SMILES string of the molecule is COC[C@H](C)NC(=S)N1CC[NH+](CCn2c(C)ccc2C)CC1. The van der Waals surface area contributed by atoms with Crippen molar-refractivity contribution >= 4 is 17.3 Å². The molecule has 1 fully saturated rings. The number of nitrogens with zero attached hydrogens (tertiary/aromatic N) is 2. The van der Waals surface area contributed by atoms with Gasteiger partial charge in [0, 0.05) is 24.5 Å². The molecule has 0 spiro atoms. The molecule has 1 aromatic heterocycles. The molecular weight excluding hydrogens is 308 g/mol. The lowest BCUT2D eigenvalue weighted by Gasteiger charge is -2.34. The molecule has 2 N–H and O–H groups in total. The van der Waals surface area contributed by atoms with Crippen LogP contribution in [0.1, 0.15) is 18.3 Å². The molecule has 0 radical (unpaired) electrons. The summed E-state index contributed by atoms with van der Waals surface area (Å²) in [7, 11) is 1.72. The Bertz CT molecular complexity index is 489. The molecule has 1 aromatic rings. The van der Waals surface area contributed by atoms with Crippen LogP contribution in [0.2, 0.25) is 0 Å². The molecule has 2 heterocycles. The van der Waals surface area contributed by atoms with Crippen LogP contribution in [0.5, 0.6) is 0 Å². The van der Waals surface area contributed by atoms with Gasteiger partial charge in [-0.05, 0) is 45.1 Å². The van der Waals surface area contributed by atoms with E-state index < -0.39 is 0 Å². The van der Waals surface area contributed by atoms with Crippen molar-refractivity contribution in [1.29, 1.82) is 0 Å². The summed E-state index contributed by atoms with van der Waals surface area (Å²) in [5.41, 5.74) is 2.72. The minimum absolute atomic E-state index is 0.262. The molecule has 130 valence electrons. The third kappa shape index (κ3) is 5.19. The molecule has 2 rings (SSSR count). The number of piperazine rings is 1. The lowest BCUT2D eigenvalue weighted by molar-refractivity contribution is -0.904. The number of aryl methyl sites for hydroxylation is 2. The molecule has 1 atom stereocenters. The summed E-state index contributed by atoms with van der Waals surface area (Å²) in [6.07, 6.45) is 0. The van der Waals surface area contributed by atoms with Crippen LogP contribution in [0.15, 0.2) is 12.1 Å². The predicted molar refractivity (Wildman–Crippen MR) is 98.1 cm³/mol. The third-order valence-corrected chi connectivity index (χ3v) is 5.03. The van der Waals surface area contributed by atoms with E-state index in [4.69, 9.17) is 17.0 Å². The maximum absolute atomic E-state index is 5.51. The Morgan fingerprint density at radius 1 is 1.30 bits per heavy atom. The average molecular weight is 340 g/mol. The summed E-state index contributed by atoms with van der Waals surface area (Å²) >= 11 is 5.51. The summed E-state index contributed by atoms with van der Waals surface area (Å²) in [5, 5.41) is 4.22. The molecule has 1 saturated heterocycles. The maximum Gasteiger partial charge on any atom is 0.169 e. The largest absolute Gasteiger partial charge is 0.383 e. The zero-order valence-corrected chi connectivity index (χ0v) is 15.7. The van der Waals surface area contributed by atoms with Gasteiger partial charge in [0.25, 0.3) is 0 Å². The first kappa shape index (κ1) is 18.2. The Morgan fingerprint density at radius 2 is 1.91 bits per heavy atom.